The summed E-state index contributed by atoms with van der Waals surface area (Å²) in [6.07, 6.45) is 5.60. The molecule has 0 aliphatic heterocycles. The van der Waals surface area contributed by atoms with Gasteiger partial charge in [-0.1, -0.05) is 34.3 Å². The van der Waals surface area contributed by atoms with Crippen molar-refractivity contribution in [3.63, 3.8) is 0 Å². The minimum atomic E-state index is 0.968. The van der Waals surface area contributed by atoms with Crippen molar-refractivity contribution < 1.29 is 0 Å². The summed E-state index contributed by atoms with van der Waals surface area (Å²) in [6.45, 7) is 11.9. The molecule has 1 aromatic heterocycles. The molecule has 0 atom stereocenters. The molecule has 2 nitrogen and oxygen atoms in total. The summed E-state index contributed by atoms with van der Waals surface area (Å²) in [5, 5.41) is 3.13. The normalized spacial score (nSPS) is 8.80. The molecule has 0 amide bonds. The molecule has 1 heterocycles. The average Bonchev–Trinajstić information content (AvgIpc) is 2.32. The first-order valence-electron chi connectivity index (χ1n) is 5.67. The second-order valence-electron chi connectivity index (χ2n) is 2.89. The van der Waals surface area contributed by atoms with E-state index in [0.29, 0.717) is 0 Å². The van der Waals surface area contributed by atoms with Crippen LogP contribution in [0.3, 0.4) is 0 Å². The van der Waals surface area contributed by atoms with Gasteiger partial charge in [-0.05, 0) is 30.7 Å². The number of anilines is 1. The molecule has 0 saturated carbocycles. The van der Waals surface area contributed by atoms with Gasteiger partial charge in [0.15, 0.2) is 0 Å². The monoisotopic (exact) mass is 206 g/mol. The molecule has 1 rings (SSSR count). The van der Waals surface area contributed by atoms with Crippen molar-refractivity contribution in [2.24, 2.45) is 0 Å². The van der Waals surface area contributed by atoms with Gasteiger partial charge in [0.1, 0.15) is 0 Å². The zero-order chi connectivity index (χ0) is 11.7. The third kappa shape index (κ3) is 4.15. The van der Waals surface area contributed by atoms with E-state index in [-0.39, 0.29) is 0 Å². The Morgan fingerprint density at radius 3 is 2.47 bits per heavy atom. The van der Waals surface area contributed by atoms with E-state index < -0.39 is 0 Å². The van der Waals surface area contributed by atoms with E-state index >= 15 is 0 Å². The Labute approximate surface area is 93.4 Å². The molecule has 84 valence electrons. The van der Waals surface area contributed by atoms with Crippen molar-refractivity contribution in [2.75, 3.05) is 5.32 Å². The van der Waals surface area contributed by atoms with Gasteiger partial charge in [0.05, 0.1) is 0 Å². The van der Waals surface area contributed by atoms with Gasteiger partial charge >= 0.3 is 0 Å². The summed E-state index contributed by atoms with van der Waals surface area (Å²) >= 11 is 0. The highest BCUT2D eigenvalue weighted by atomic mass is 14.8. The topological polar surface area (TPSA) is 24.9 Å². The van der Waals surface area contributed by atoms with E-state index in [9.17, 15) is 0 Å². The van der Waals surface area contributed by atoms with E-state index in [1.54, 1.807) is 6.20 Å². The standard InChI is InChI=1S/C11H16N2.C2H6/c1-4-9-8-13-10(5-2)7-11(9)12-6-3;1-2/h6-8H,3-5H2,1-2H3,(H,12,13);1-2H3. The van der Waals surface area contributed by atoms with Gasteiger partial charge < -0.3 is 5.32 Å². The average molecular weight is 206 g/mol. The Kier molecular flexibility index (Phi) is 7.33. The number of aromatic nitrogens is 1. The summed E-state index contributed by atoms with van der Waals surface area (Å²) in [5.74, 6) is 0. The predicted molar refractivity (Wildman–Crippen MR) is 68.2 cm³/mol. The summed E-state index contributed by atoms with van der Waals surface area (Å²) in [4.78, 5) is 4.34. The molecule has 0 aliphatic carbocycles. The number of rotatable bonds is 4. The van der Waals surface area contributed by atoms with Crippen LogP contribution >= 0.6 is 0 Å². The van der Waals surface area contributed by atoms with Crippen LogP contribution in [0.15, 0.2) is 25.0 Å². The number of hydrogen-bond acceptors (Lipinski definition) is 2. The van der Waals surface area contributed by atoms with E-state index in [0.717, 1.165) is 24.2 Å². The van der Waals surface area contributed by atoms with Gasteiger partial charge in [-0.15, -0.1) is 0 Å². The van der Waals surface area contributed by atoms with Crippen molar-refractivity contribution in [1.29, 1.82) is 0 Å². The lowest BCUT2D eigenvalue weighted by Crippen LogP contribution is -1.97. The van der Waals surface area contributed by atoms with Crippen LogP contribution in [0.2, 0.25) is 0 Å². The van der Waals surface area contributed by atoms with E-state index in [2.05, 4.69) is 36.8 Å². The molecule has 0 saturated heterocycles. The maximum atomic E-state index is 4.34. The SMILES string of the molecule is C=CNc1cc(CC)ncc1CC.CC. The van der Waals surface area contributed by atoms with Crippen LogP contribution in [0.25, 0.3) is 0 Å². The van der Waals surface area contributed by atoms with Crippen LogP contribution in [0.1, 0.15) is 39.0 Å². The van der Waals surface area contributed by atoms with Gasteiger partial charge in [0.2, 0.25) is 0 Å². The second-order valence-corrected chi connectivity index (χ2v) is 2.89. The number of pyridine rings is 1. The van der Waals surface area contributed by atoms with Crippen LogP contribution in [0, 0.1) is 0 Å². The maximum Gasteiger partial charge on any atom is 0.0445 e. The van der Waals surface area contributed by atoms with Crippen molar-refractivity contribution >= 4 is 5.69 Å². The quantitative estimate of drug-likeness (QED) is 0.810. The molecule has 0 aliphatic rings. The van der Waals surface area contributed by atoms with Gasteiger partial charge in [-0.3, -0.25) is 4.98 Å². The van der Waals surface area contributed by atoms with Crippen molar-refractivity contribution in [3.8, 4) is 0 Å². The molecule has 0 spiro atoms. The third-order valence-corrected chi connectivity index (χ3v) is 2.04. The maximum absolute atomic E-state index is 4.34. The minimum absolute atomic E-state index is 0.968. The first kappa shape index (κ1) is 13.7. The molecule has 1 N–H and O–H groups in total. The smallest absolute Gasteiger partial charge is 0.0445 e. The molecule has 0 unspecified atom stereocenters. The van der Waals surface area contributed by atoms with Crippen LogP contribution in [0.4, 0.5) is 5.69 Å². The molecule has 2 heteroatoms. The Hall–Kier alpha value is -1.31. The second kappa shape index (κ2) is 8.04. The van der Waals surface area contributed by atoms with Crippen molar-refractivity contribution in [2.45, 2.75) is 40.5 Å². The number of nitrogens with zero attached hydrogens (tertiary/aromatic N) is 1. The number of nitrogens with one attached hydrogen (secondary N) is 1. The fourth-order valence-electron chi connectivity index (χ4n) is 1.25. The minimum Gasteiger partial charge on any atom is -0.362 e. The predicted octanol–water partition coefficient (Wildman–Crippen LogP) is 3.79. The molecule has 15 heavy (non-hydrogen) atoms. The molecule has 0 aromatic carbocycles. The Morgan fingerprint density at radius 2 is 2.00 bits per heavy atom. The molecular weight excluding hydrogens is 184 g/mol. The molecule has 0 bridgehead atoms. The third-order valence-electron chi connectivity index (χ3n) is 2.04. The zero-order valence-corrected chi connectivity index (χ0v) is 10.3. The Balaban J connectivity index is 0.000000921. The van der Waals surface area contributed by atoms with Gasteiger partial charge in [-0.25, -0.2) is 0 Å². The molecular formula is C13H22N2. The molecule has 1 aromatic rings. The highest BCUT2D eigenvalue weighted by molar-refractivity contribution is 5.52. The first-order valence-corrected chi connectivity index (χ1v) is 5.67. The zero-order valence-electron chi connectivity index (χ0n) is 10.3. The lowest BCUT2D eigenvalue weighted by molar-refractivity contribution is 1.01. The van der Waals surface area contributed by atoms with E-state index in [1.165, 1.54) is 5.56 Å². The van der Waals surface area contributed by atoms with E-state index in [4.69, 9.17) is 0 Å². The summed E-state index contributed by atoms with van der Waals surface area (Å²) in [5.41, 5.74) is 3.48. The fourth-order valence-corrected chi connectivity index (χ4v) is 1.25. The molecule has 0 fully saturated rings. The van der Waals surface area contributed by atoms with Crippen LogP contribution in [-0.4, -0.2) is 4.98 Å². The van der Waals surface area contributed by atoms with Crippen LogP contribution in [-0.2, 0) is 12.8 Å². The highest BCUT2D eigenvalue weighted by Crippen LogP contribution is 2.16. The number of aryl methyl sites for hydroxylation is 2. The Morgan fingerprint density at radius 1 is 1.33 bits per heavy atom. The lowest BCUT2D eigenvalue weighted by atomic mass is 10.1. The number of hydrogen-bond donors (Lipinski definition) is 1. The van der Waals surface area contributed by atoms with Crippen molar-refractivity contribution in [1.82, 2.24) is 4.98 Å². The lowest BCUT2D eigenvalue weighted by Gasteiger charge is -2.08. The summed E-state index contributed by atoms with van der Waals surface area (Å²) < 4.78 is 0. The van der Waals surface area contributed by atoms with Crippen molar-refractivity contribution in [3.05, 3.63) is 36.3 Å². The van der Waals surface area contributed by atoms with E-state index in [1.807, 2.05) is 20.0 Å². The Bertz CT molecular complexity index is 293. The van der Waals surface area contributed by atoms with Gasteiger partial charge in [-0.2, -0.15) is 0 Å². The highest BCUT2D eigenvalue weighted by Gasteiger charge is 2.00. The van der Waals surface area contributed by atoms with Crippen LogP contribution < -0.4 is 5.32 Å². The summed E-state index contributed by atoms with van der Waals surface area (Å²) in [6, 6.07) is 2.08. The van der Waals surface area contributed by atoms with Gasteiger partial charge in [0, 0.05) is 17.6 Å². The van der Waals surface area contributed by atoms with Gasteiger partial charge in [0.25, 0.3) is 0 Å². The largest absolute Gasteiger partial charge is 0.362 e. The fraction of sp³-hybridized carbons (Fsp3) is 0.462. The summed E-state index contributed by atoms with van der Waals surface area (Å²) in [7, 11) is 0. The first-order chi connectivity index (χ1) is 7.31. The molecule has 0 radical (unpaired) electrons. The van der Waals surface area contributed by atoms with Crippen LogP contribution in [0.5, 0.6) is 0 Å².